The Morgan fingerprint density at radius 3 is 2.46 bits per heavy atom. The summed E-state index contributed by atoms with van der Waals surface area (Å²) in [5.41, 5.74) is 7.39. The van der Waals surface area contributed by atoms with Crippen molar-refractivity contribution in [1.29, 1.82) is 0 Å². The molecule has 0 saturated heterocycles. The monoisotopic (exact) mass is 373 g/mol. The van der Waals surface area contributed by atoms with E-state index in [0.29, 0.717) is 25.1 Å². The molecule has 0 unspecified atom stereocenters. The first-order valence-electron chi connectivity index (χ1n) is 7.97. The smallest absolute Gasteiger partial charge is 0.251 e. The summed E-state index contributed by atoms with van der Waals surface area (Å²) in [7, 11) is 0. The summed E-state index contributed by atoms with van der Waals surface area (Å²) in [6.45, 7) is 3.20. The molecule has 0 aromatic heterocycles. The lowest BCUT2D eigenvalue weighted by Crippen LogP contribution is -2.40. The molecule has 0 heterocycles. The molecule has 0 aliphatic carbocycles. The van der Waals surface area contributed by atoms with Crippen molar-refractivity contribution in [2.45, 2.75) is 38.8 Å². The molecule has 0 bridgehead atoms. The first-order chi connectivity index (χ1) is 11.1. The molecule has 7 heteroatoms. The third-order valence-electron chi connectivity index (χ3n) is 3.47. The summed E-state index contributed by atoms with van der Waals surface area (Å²) in [4.78, 5) is 23.7. The zero-order valence-corrected chi connectivity index (χ0v) is 16.0. The highest BCUT2D eigenvalue weighted by Crippen LogP contribution is 2.05. The molecule has 1 aromatic rings. The van der Waals surface area contributed by atoms with Crippen LogP contribution in [0.1, 0.15) is 42.1 Å². The summed E-state index contributed by atoms with van der Waals surface area (Å²) < 4.78 is 0. The topological polar surface area (TPSA) is 84.2 Å². The van der Waals surface area contributed by atoms with Gasteiger partial charge < -0.3 is 16.4 Å². The van der Waals surface area contributed by atoms with Crippen LogP contribution < -0.4 is 16.4 Å². The minimum Gasteiger partial charge on any atom is -0.352 e. The van der Waals surface area contributed by atoms with Gasteiger partial charge in [-0.05, 0) is 42.5 Å². The maximum absolute atomic E-state index is 11.9. The Bertz CT molecular complexity index is 497. The Morgan fingerprint density at radius 2 is 1.88 bits per heavy atom. The van der Waals surface area contributed by atoms with Crippen LogP contribution in [0.4, 0.5) is 0 Å². The molecule has 4 N–H and O–H groups in total. The molecule has 24 heavy (non-hydrogen) atoms. The zero-order chi connectivity index (χ0) is 17.1. The molecule has 5 nitrogen and oxygen atoms in total. The van der Waals surface area contributed by atoms with Gasteiger partial charge in [0.25, 0.3) is 5.91 Å². The minimum atomic E-state index is -0.467. The molecule has 0 spiro atoms. The van der Waals surface area contributed by atoms with Gasteiger partial charge in [0, 0.05) is 18.7 Å². The second-order valence-electron chi connectivity index (χ2n) is 5.41. The van der Waals surface area contributed by atoms with Crippen LogP contribution in [0.25, 0.3) is 0 Å². The Morgan fingerprint density at radius 1 is 1.21 bits per heavy atom. The van der Waals surface area contributed by atoms with Gasteiger partial charge in [-0.1, -0.05) is 25.5 Å². The molecule has 0 fully saturated rings. The first kappa shape index (κ1) is 22.8. The van der Waals surface area contributed by atoms with E-state index in [4.69, 9.17) is 5.73 Å². The molecule has 0 saturated carbocycles. The maximum Gasteiger partial charge on any atom is 0.251 e. The SMILES string of the molecule is CCCCNC(=O)c1ccc(CNC(=O)[C@@H](N)CCSC)cc1.Cl. The Hall–Kier alpha value is -1.24. The summed E-state index contributed by atoms with van der Waals surface area (Å²) in [6, 6.07) is 6.78. The fourth-order valence-corrected chi connectivity index (χ4v) is 2.44. The quantitative estimate of drug-likeness (QED) is 0.549. The van der Waals surface area contributed by atoms with Gasteiger partial charge >= 0.3 is 0 Å². The van der Waals surface area contributed by atoms with Gasteiger partial charge in [-0.15, -0.1) is 12.4 Å². The van der Waals surface area contributed by atoms with Gasteiger partial charge in [-0.2, -0.15) is 11.8 Å². The number of nitrogens with two attached hydrogens (primary N) is 1. The number of thioether (sulfide) groups is 1. The van der Waals surface area contributed by atoms with Crippen LogP contribution in [0.2, 0.25) is 0 Å². The second-order valence-corrected chi connectivity index (χ2v) is 6.40. The molecule has 0 radical (unpaired) electrons. The van der Waals surface area contributed by atoms with Crippen LogP contribution in [0, 0.1) is 0 Å². The average molecular weight is 374 g/mol. The van der Waals surface area contributed by atoms with Crippen LogP contribution in [0.3, 0.4) is 0 Å². The van der Waals surface area contributed by atoms with Crippen LogP contribution in [-0.4, -0.2) is 36.4 Å². The van der Waals surface area contributed by atoms with Gasteiger partial charge in [0.05, 0.1) is 6.04 Å². The number of amides is 2. The lowest BCUT2D eigenvalue weighted by atomic mass is 10.1. The number of carbonyl (C=O) groups excluding carboxylic acids is 2. The van der Waals surface area contributed by atoms with E-state index < -0.39 is 6.04 Å². The van der Waals surface area contributed by atoms with Crippen molar-refractivity contribution in [2.75, 3.05) is 18.6 Å². The molecule has 136 valence electrons. The van der Waals surface area contributed by atoms with E-state index in [1.54, 1.807) is 23.9 Å². The summed E-state index contributed by atoms with van der Waals surface area (Å²) in [5, 5.41) is 5.70. The van der Waals surface area contributed by atoms with Crippen molar-refractivity contribution in [1.82, 2.24) is 10.6 Å². The van der Waals surface area contributed by atoms with Gasteiger partial charge in [-0.3, -0.25) is 9.59 Å². The van der Waals surface area contributed by atoms with E-state index in [9.17, 15) is 9.59 Å². The van der Waals surface area contributed by atoms with E-state index >= 15 is 0 Å². The lowest BCUT2D eigenvalue weighted by Gasteiger charge is -2.12. The number of nitrogens with one attached hydrogen (secondary N) is 2. The number of unbranched alkanes of at least 4 members (excludes halogenated alkanes) is 1. The Labute approximate surface area is 154 Å². The number of benzene rings is 1. The average Bonchev–Trinajstić information content (AvgIpc) is 2.58. The number of halogens is 1. The van der Waals surface area contributed by atoms with Crippen molar-refractivity contribution in [3.05, 3.63) is 35.4 Å². The molecular weight excluding hydrogens is 346 g/mol. The molecule has 1 atom stereocenters. The number of hydrogen-bond acceptors (Lipinski definition) is 4. The van der Waals surface area contributed by atoms with Crippen LogP contribution in [0.5, 0.6) is 0 Å². The van der Waals surface area contributed by atoms with Crippen LogP contribution in [-0.2, 0) is 11.3 Å². The van der Waals surface area contributed by atoms with E-state index in [0.717, 1.165) is 24.2 Å². The number of rotatable bonds is 10. The van der Waals surface area contributed by atoms with Crippen LogP contribution >= 0.6 is 24.2 Å². The van der Waals surface area contributed by atoms with E-state index in [1.807, 2.05) is 18.4 Å². The van der Waals surface area contributed by atoms with Crippen molar-refractivity contribution >= 4 is 36.0 Å². The molecule has 0 aliphatic heterocycles. The van der Waals surface area contributed by atoms with Crippen LogP contribution in [0.15, 0.2) is 24.3 Å². The second kappa shape index (κ2) is 13.1. The highest BCUT2D eigenvalue weighted by molar-refractivity contribution is 7.98. The molecule has 0 aliphatic rings. The van der Waals surface area contributed by atoms with Gasteiger partial charge in [0.1, 0.15) is 0 Å². The molecule has 1 aromatic carbocycles. The standard InChI is InChI=1S/C17H27N3O2S.ClH/c1-3-4-10-19-16(21)14-7-5-13(6-8-14)12-20-17(22)15(18)9-11-23-2;/h5-8,15H,3-4,9-12,18H2,1-2H3,(H,19,21)(H,20,22);1H/t15-;/m0./s1. The third-order valence-corrected chi connectivity index (χ3v) is 4.11. The molecule has 1 rings (SSSR count). The molecular formula is C17H28ClN3O2S. The largest absolute Gasteiger partial charge is 0.352 e. The van der Waals surface area contributed by atoms with Crippen molar-refractivity contribution < 1.29 is 9.59 Å². The molecule has 2 amide bonds. The van der Waals surface area contributed by atoms with Gasteiger partial charge in [0.2, 0.25) is 5.91 Å². The van der Waals surface area contributed by atoms with E-state index in [-0.39, 0.29) is 24.2 Å². The van der Waals surface area contributed by atoms with Crippen molar-refractivity contribution in [3.63, 3.8) is 0 Å². The maximum atomic E-state index is 11.9. The summed E-state index contributed by atoms with van der Waals surface area (Å²) in [5.74, 6) is 0.671. The number of hydrogen-bond donors (Lipinski definition) is 3. The highest BCUT2D eigenvalue weighted by atomic mass is 35.5. The fraction of sp³-hybridized carbons (Fsp3) is 0.529. The minimum absolute atomic E-state index is 0. The zero-order valence-electron chi connectivity index (χ0n) is 14.3. The Balaban J connectivity index is 0.00000529. The van der Waals surface area contributed by atoms with E-state index in [1.165, 1.54) is 0 Å². The third kappa shape index (κ3) is 8.57. The van der Waals surface area contributed by atoms with E-state index in [2.05, 4.69) is 17.6 Å². The normalized spacial score (nSPS) is 11.3. The summed E-state index contributed by atoms with van der Waals surface area (Å²) >= 11 is 1.68. The number of carbonyl (C=O) groups is 2. The predicted molar refractivity (Wildman–Crippen MR) is 104 cm³/mol. The van der Waals surface area contributed by atoms with Gasteiger partial charge in [-0.25, -0.2) is 0 Å². The predicted octanol–water partition coefficient (Wildman–Crippen LogP) is 2.33. The summed E-state index contributed by atoms with van der Waals surface area (Å²) in [6.07, 6.45) is 4.69. The van der Waals surface area contributed by atoms with Crippen molar-refractivity contribution in [3.8, 4) is 0 Å². The van der Waals surface area contributed by atoms with Gasteiger partial charge in [0.15, 0.2) is 0 Å². The lowest BCUT2D eigenvalue weighted by molar-refractivity contribution is -0.122. The Kier molecular flexibility index (Phi) is 12.4. The highest BCUT2D eigenvalue weighted by Gasteiger charge is 2.12. The fourth-order valence-electron chi connectivity index (χ4n) is 1.95. The first-order valence-corrected chi connectivity index (χ1v) is 9.37. The van der Waals surface area contributed by atoms with Crippen molar-refractivity contribution in [2.24, 2.45) is 5.73 Å².